The summed E-state index contributed by atoms with van der Waals surface area (Å²) in [6, 6.07) is 12.8. The van der Waals surface area contributed by atoms with Crippen LogP contribution in [-0.4, -0.2) is 50.0 Å². The van der Waals surface area contributed by atoms with E-state index in [1.807, 2.05) is 63.2 Å². The monoisotopic (exact) mass is 567 g/mol. The van der Waals surface area contributed by atoms with Gasteiger partial charge in [-0.25, -0.2) is 4.79 Å². The molecule has 1 amide bonds. The molecule has 9 nitrogen and oxygen atoms in total. The molecule has 2 aromatic heterocycles. The molecular formula is C27H30BrN5O4. The number of tetrazole rings is 1. The Morgan fingerprint density at radius 1 is 1.14 bits per heavy atom. The van der Waals surface area contributed by atoms with Crippen molar-refractivity contribution in [3.8, 4) is 22.7 Å². The van der Waals surface area contributed by atoms with E-state index in [4.69, 9.17) is 9.15 Å². The predicted molar refractivity (Wildman–Crippen MR) is 143 cm³/mol. The Labute approximate surface area is 223 Å². The highest BCUT2D eigenvalue weighted by molar-refractivity contribution is 9.10. The van der Waals surface area contributed by atoms with E-state index in [9.17, 15) is 9.59 Å². The van der Waals surface area contributed by atoms with Crippen molar-refractivity contribution in [1.29, 1.82) is 0 Å². The zero-order valence-corrected chi connectivity index (χ0v) is 22.9. The van der Waals surface area contributed by atoms with Gasteiger partial charge in [0.15, 0.2) is 0 Å². The van der Waals surface area contributed by atoms with Gasteiger partial charge in [0.2, 0.25) is 11.7 Å². The molecule has 1 N–H and O–H groups in total. The number of aromatic nitrogens is 4. The molecule has 0 radical (unpaired) electrons. The summed E-state index contributed by atoms with van der Waals surface area (Å²) in [4.78, 5) is 27.6. The average Bonchev–Trinajstić information content (AvgIpc) is 3.52. The second-order valence-electron chi connectivity index (χ2n) is 9.07. The minimum Gasteiger partial charge on any atom is -0.464 e. The van der Waals surface area contributed by atoms with Crippen LogP contribution >= 0.6 is 15.9 Å². The quantitative estimate of drug-likeness (QED) is 0.242. The van der Waals surface area contributed by atoms with Crippen molar-refractivity contribution in [2.24, 2.45) is 5.92 Å². The molecular weight excluding hydrogens is 538 g/mol. The van der Waals surface area contributed by atoms with Crippen molar-refractivity contribution < 1.29 is 18.7 Å². The summed E-state index contributed by atoms with van der Waals surface area (Å²) in [7, 11) is 0. The van der Waals surface area contributed by atoms with Crippen LogP contribution in [0, 0.1) is 5.92 Å². The van der Waals surface area contributed by atoms with Crippen LogP contribution in [0.25, 0.3) is 33.7 Å². The topological polar surface area (TPSA) is 114 Å². The molecule has 0 saturated carbocycles. The number of carbonyl (C=O) groups is 2. The van der Waals surface area contributed by atoms with E-state index < -0.39 is 6.04 Å². The molecule has 194 valence electrons. The number of halogens is 1. The van der Waals surface area contributed by atoms with Gasteiger partial charge < -0.3 is 14.1 Å². The first kappa shape index (κ1) is 26.5. The Kier molecular flexibility index (Phi) is 8.38. The number of carbonyl (C=O) groups excluding carboxylic acids is 2. The summed E-state index contributed by atoms with van der Waals surface area (Å²) in [6.45, 7) is 8.12. The van der Waals surface area contributed by atoms with Crippen LogP contribution in [0.4, 0.5) is 0 Å². The lowest BCUT2D eigenvalue weighted by Crippen LogP contribution is -2.48. The van der Waals surface area contributed by atoms with Gasteiger partial charge in [-0.3, -0.25) is 4.79 Å². The zero-order valence-electron chi connectivity index (χ0n) is 21.3. The number of H-pyrrole nitrogens is 1. The molecule has 2 aromatic carbocycles. The van der Waals surface area contributed by atoms with Crippen LogP contribution in [0.2, 0.25) is 0 Å². The molecule has 0 aliphatic carbocycles. The standard InChI is InChI=1S/C27H30BrN5O4/c1-5-9-22(34)33(24(16(3)4)27(35)36-6-2)15-17-12-13-21-20(14-17)23(28)25(37-21)18-10-7-8-11-19(18)26-29-31-32-30-26/h7-8,10-14,16,24H,5-6,9,15H2,1-4H3,(H,29,30,31,32)/t24-/m0/s1. The van der Waals surface area contributed by atoms with E-state index in [-0.39, 0.29) is 30.9 Å². The third-order valence-corrected chi connectivity index (χ3v) is 6.87. The van der Waals surface area contributed by atoms with Gasteiger partial charge in [-0.15, -0.1) is 10.2 Å². The number of furan rings is 1. The minimum atomic E-state index is -0.667. The van der Waals surface area contributed by atoms with Crippen molar-refractivity contribution in [2.75, 3.05) is 6.61 Å². The number of benzene rings is 2. The summed E-state index contributed by atoms with van der Waals surface area (Å²) in [6.07, 6.45) is 1.05. The maximum atomic E-state index is 13.1. The second kappa shape index (κ2) is 11.7. The first-order valence-electron chi connectivity index (χ1n) is 12.4. The highest BCUT2D eigenvalue weighted by Gasteiger charge is 2.33. The Balaban J connectivity index is 1.73. The second-order valence-corrected chi connectivity index (χ2v) is 9.86. The van der Waals surface area contributed by atoms with Crippen LogP contribution in [0.5, 0.6) is 0 Å². The van der Waals surface area contributed by atoms with E-state index in [0.717, 1.165) is 26.5 Å². The normalized spacial score (nSPS) is 12.2. The molecule has 0 unspecified atom stereocenters. The van der Waals surface area contributed by atoms with Gasteiger partial charge in [0, 0.05) is 29.5 Å². The molecule has 0 saturated heterocycles. The van der Waals surface area contributed by atoms with Crippen LogP contribution < -0.4 is 0 Å². The Morgan fingerprint density at radius 2 is 1.89 bits per heavy atom. The number of ether oxygens (including phenoxy) is 1. The number of esters is 1. The lowest BCUT2D eigenvalue weighted by Gasteiger charge is -2.33. The molecule has 0 aliphatic heterocycles. The predicted octanol–water partition coefficient (Wildman–Crippen LogP) is 5.76. The number of hydrogen-bond acceptors (Lipinski definition) is 7. The van der Waals surface area contributed by atoms with Gasteiger partial charge in [0.25, 0.3) is 0 Å². The molecule has 0 spiro atoms. The third-order valence-electron chi connectivity index (χ3n) is 6.08. The van der Waals surface area contributed by atoms with Crippen molar-refractivity contribution in [1.82, 2.24) is 25.5 Å². The molecule has 4 aromatic rings. The van der Waals surface area contributed by atoms with Gasteiger partial charge in [0.05, 0.1) is 11.1 Å². The summed E-state index contributed by atoms with van der Waals surface area (Å²) in [5.41, 5.74) is 3.16. The third kappa shape index (κ3) is 5.58. The van der Waals surface area contributed by atoms with Crippen molar-refractivity contribution in [3.63, 3.8) is 0 Å². The summed E-state index contributed by atoms with van der Waals surface area (Å²) >= 11 is 3.72. The Hall–Kier alpha value is -3.53. The molecule has 0 fully saturated rings. The van der Waals surface area contributed by atoms with E-state index in [2.05, 4.69) is 36.6 Å². The number of rotatable bonds is 10. The number of nitrogens with zero attached hydrogens (tertiary/aromatic N) is 4. The van der Waals surface area contributed by atoms with Crippen LogP contribution in [0.1, 0.15) is 46.1 Å². The SMILES string of the molecule is CCCC(=O)N(Cc1ccc2oc(-c3ccccc3-c3nn[nH]n3)c(Br)c2c1)[C@H](C(=O)OCC)C(C)C. The van der Waals surface area contributed by atoms with Gasteiger partial charge in [0.1, 0.15) is 17.4 Å². The number of hydrogen-bond donors (Lipinski definition) is 1. The molecule has 0 aliphatic rings. The number of nitrogens with one attached hydrogen (secondary N) is 1. The van der Waals surface area contributed by atoms with Crippen LogP contribution in [0.15, 0.2) is 51.4 Å². The van der Waals surface area contributed by atoms with Crippen molar-refractivity contribution in [3.05, 3.63) is 52.5 Å². The molecule has 4 rings (SSSR count). The van der Waals surface area contributed by atoms with Crippen molar-refractivity contribution in [2.45, 2.75) is 53.1 Å². The first-order chi connectivity index (χ1) is 17.8. The van der Waals surface area contributed by atoms with Gasteiger partial charge in [-0.05, 0) is 58.1 Å². The maximum Gasteiger partial charge on any atom is 0.329 e. The van der Waals surface area contributed by atoms with E-state index >= 15 is 0 Å². The fraction of sp³-hybridized carbons (Fsp3) is 0.370. The lowest BCUT2D eigenvalue weighted by atomic mass is 10.0. The molecule has 0 bridgehead atoms. The van der Waals surface area contributed by atoms with Crippen LogP contribution in [0.3, 0.4) is 0 Å². The van der Waals surface area contributed by atoms with Gasteiger partial charge >= 0.3 is 5.97 Å². The van der Waals surface area contributed by atoms with Gasteiger partial charge in [-0.1, -0.05) is 51.1 Å². The van der Waals surface area contributed by atoms with E-state index in [1.165, 1.54) is 0 Å². The first-order valence-corrected chi connectivity index (χ1v) is 13.1. The van der Waals surface area contributed by atoms with E-state index in [1.54, 1.807) is 11.8 Å². The number of fused-ring (bicyclic) bond motifs is 1. The average molecular weight is 568 g/mol. The fourth-order valence-corrected chi connectivity index (χ4v) is 5.03. The fourth-order valence-electron chi connectivity index (χ4n) is 4.42. The van der Waals surface area contributed by atoms with Crippen LogP contribution in [-0.2, 0) is 20.9 Å². The molecule has 1 atom stereocenters. The maximum absolute atomic E-state index is 13.1. The molecule has 10 heteroatoms. The minimum absolute atomic E-state index is 0.0738. The van der Waals surface area contributed by atoms with Gasteiger partial charge in [-0.2, -0.15) is 5.21 Å². The summed E-state index contributed by atoms with van der Waals surface area (Å²) < 4.78 is 12.3. The van der Waals surface area contributed by atoms with E-state index in [0.29, 0.717) is 30.0 Å². The largest absolute Gasteiger partial charge is 0.464 e. The summed E-state index contributed by atoms with van der Waals surface area (Å²) in [5, 5.41) is 15.2. The lowest BCUT2D eigenvalue weighted by molar-refractivity contribution is -0.157. The molecule has 37 heavy (non-hydrogen) atoms. The van der Waals surface area contributed by atoms with Crippen molar-refractivity contribution >= 4 is 38.8 Å². The number of amides is 1. The zero-order chi connectivity index (χ0) is 26.5. The highest BCUT2D eigenvalue weighted by atomic mass is 79.9. The number of aromatic amines is 1. The highest BCUT2D eigenvalue weighted by Crippen LogP contribution is 2.41. The summed E-state index contributed by atoms with van der Waals surface area (Å²) in [5.74, 6) is 0.547. The Bertz CT molecular complexity index is 1380. The smallest absolute Gasteiger partial charge is 0.329 e. The molecule has 2 heterocycles. The Morgan fingerprint density at radius 3 is 2.54 bits per heavy atom.